The number of ether oxygens (including phenoxy) is 1. The monoisotopic (exact) mass is 283 g/mol. The van der Waals surface area contributed by atoms with Crippen LogP contribution in [0.15, 0.2) is 0 Å². The SMILES string of the molecule is CC(C)CCCOC(=O)C1CCCN1C(=O)C(C)(C)C. The Bertz CT molecular complexity index is 344. The van der Waals surface area contributed by atoms with Gasteiger partial charge in [-0.15, -0.1) is 0 Å². The van der Waals surface area contributed by atoms with E-state index in [0.29, 0.717) is 19.1 Å². The second-order valence-electron chi connectivity index (χ2n) is 7.11. The molecular formula is C16H29NO3. The minimum absolute atomic E-state index is 0.0409. The van der Waals surface area contributed by atoms with Crippen molar-refractivity contribution in [3.05, 3.63) is 0 Å². The summed E-state index contributed by atoms with van der Waals surface area (Å²) in [5.41, 5.74) is -0.444. The molecule has 0 aromatic rings. The summed E-state index contributed by atoms with van der Waals surface area (Å²) in [6.45, 7) is 11.1. The van der Waals surface area contributed by atoms with Crippen LogP contribution in [-0.2, 0) is 14.3 Å². The molecule has 0 saturated carbocycles. The molecule has 1 rings (SSSR count). The van der Waals surface area contributed by atoms with Crippen molar-refractivity contribution >= 4 is 11.9 Å². The lowest BCUT2D eigenvalue weighted by Crippen LogP contribution is -2.46. The fourth-order valence-electron chi connectivity index (χ4n) is 2.45. The first kappa shape index (κ1) is 17.0. The summed E-state index contributed by atoms with van der Waals surface area (Å²) >= 11 is 0. The van der Waals surface area contributed by atoms with Crippen LogP contribution in [0.2, 0.25) is 0 Å². The number of likely N-dealkylation sites (tertiary alicyclic amines) is 1. The highest BCUT2D eigenvalue weighted by Gasteiger charge is 2.39. The fraction of sp³-hybridized carbons (Fsp3) is 0.875. The Hall–Kier alpha value is -1.06. The van der Waals surface area contributed by atoms with Crippen LogP contribution in [0.3, 0.4) is 0 Å². The summed E-state index contributed by atoms with van der Waals surface area (Å²) in [6.07, 6.45) is 3.56. The third-order valence-corrected chi connectivity index (χ3v) is 3.60. The Morgan fingerprint density at radius 2 is 1.95 bits per heavy atom. The molecule has 0 N–H and O–H groups in total. The average molecular weight is 283 g/mol. The summed E-state index contributed by atoms with van der Waals surface area (Å²) in [5.74, 6) is 0.433. The van der Waals surface area contributed by atoms with E-state index in [2.05, 4.69) is 13.8 Å². The normalized spacial score (nSPS) is 19.5. The minimum Gasteiger partial charge on any atom is -0.464 e. The van der Waals surface area contributed by atoms with Gasteiger partial charge in [-0.1, -0.05) is 34.6 Å². The van der Waals surface area contributed by atoms with Crippen LogP contribution >= 0.6 is 0 Å². The van der Waals surface area contributed by atoms with E-state index in [9.17, 15) is 9.59 Å². The molecular weight excluding hydrogens is 254 g/mol. The third-order valence-electron chi connectivity index (χ3n) is 3.60. The standard InChI is InChI=1S/C16H29NO3/c1-12(2)8-7-11-20-14(18)13-9-6-10-17(13)15(19)16(3,4)5/h12-13H,6-11H2,1-5H3. The molecule has 1 heterocycles. The number of hydrogen-bond donors (Lipinski definition) is 0. The molecule has 0 aliphatic carbocycles. The molecule has 1 amide bonds. The van der Waals surface area contributed by atoms with E-state index in [4.69, 9.17) is 4.74 Å². The zero-order valence-electron chi connectivity index (χ0n) is 13.6. The summed E-state index contributed by atoms with van der Waals surface area (Å²) in [6, 6.07) is -0.374. The molecule has 0 aromatic heterocycles. The molecule has 1 aliphatic heterocycles. The molecule has 4 nitrogen and oxygen atoms in total. The molecule has 0 radical (unpaired) electrons. The van der Waals surface area contributed by atoms with Crippen LogP contribution < -0.4 is 0 Å². The fourth-order valence-corrected chi connectivity index (χ4v) is 2.45. The van der Waals surface area contributed by atoms with E-state index in [-0.39, 0.29) is 17.9 Å². The lowest BCUT2D eigenvalue weighted by atomic mass is 9.94. The average Bonchev–Trinajstić information content (AvgIpc) is 2.80. The molecule has 20 heavy (non-hydrogen) atoms. The highest BCUT2D eigenvalue weighted by Crippen LogP contribution is 2.26. The number of carbonyl (C=O) groups excluding carboxylic acids is 2. The molecule has 1 aliphatic rings. The van der Waals surface area contributed by atoms with Crippen LogP contribution in [0.1, 0.15) is 60.3 Å². The third kappa shape index (κ3) is 4.80. The largest absolute Gasteiger partial charge is 0.464 e. The highest BCUT2D eigenvalue weighted by molar-refractivity contribution is 5.88. The first-order valence-corrected chi connectivity index (χ1v) is 7.71. The first-order chi connectivity index (χ1) is 9.23. The number of hydrogen-bond acceptors (Lipinski definition) is 3. The minimum atomic E-state index is -0.444. The van der Waals surface area contributed by atoms with Crippen molar-refractivity contribution in [3.63, 3.8) is 0 Å². The summed E-state index contributed by atoms with van der Waals surface area (Å²) in [7, 11) is 0. The second-order valence-corrected chi connectivity index (χ2v) is 7.11. The van der Waals surface area contributed by atoms with Gasteiger partial charge in [-0.25, -0.2) is 4.79 Å². The number of esters is 1. The highest BCUT2D eigenvalue weighted by atomic mass is 16.5. The number of nitrogens with zero attached hydrogens (tertiary/aromatic N) is 1. The Morgan fingerprint density at radius 3 is 2.50 bits per heavy atom. The van der Waals surface area contributed by atoms with Crippen molar-refractivity contribution in [2.45, 2.75) is 66.3 Å². The molecule has 1 unspecified atom stereocenters. The summed E-state index contributed by atoms with van der Waals surface area (Å²) < 4.78 is 5.34. The number of carbonyl (C=O) groups is 2. The Balaban J connectivity index is 2.48. The lowest BCUT2D eigenvalue weighted by molar-refractivity contribution is -0.156. The van der Waals surface area contributed by atoms with E-state index in [1.54, 1.807) is 4.90 Å². The van der Waals surface area contributed by atoms with E-state index < -0.39 is 5.41 Å². The number of amides is 1. The van der Waals surface area contributed by atoms with Crippen molar-refractivity contribution in [2.75, 3.05) is 13.2 Å². The Kier molecular flexibility index (Phi) is 6.03. The number of rotatable bonds is 5. The first-order valence-electron chi connectivity index (χ1n) is 7.71. The molecule has 0 spiro atoms. The van der Waals surface area contributed by atoms with E-state index in [1.807, 2.05) is 20.8 Å². The van der Waals surface area contributed by atoms with Gasteiger partial charge in [0.1, 0.15) is 6.04 Å². The van der Waals surface area contributed by atoms with Gasteiger partial charge in [0.05, 0.1) is 6.61 Å². The maximum absolute atomic E-state index is 12.3. The van der Waals surface area contributed by atoms with Crippen LogP contribution in [0.4, 0.5) is 0 Å². The van der Waals surface area contributed by atoms with Gasteiger partial charge in [0.2, 0.25) is 5.91 Å². The summed E-state index contributed by atoms with van der Waals surface area (Å²) in [4.78, 5) is 26.1. The predicted molar refractivity (Wildman–Crippen MR) is 79.2 cm³/mol. The van der Waals surface area contributed by atoms with Crippen molar-refractivity contribution in [2.24, 2.45) is 11.3 Å². The zero-order chi connectivity index (χ0) is 15.3. The smallest absolute Gasteiger partial charge is 0.328 e. The predicted octanol–water partition coefficient (Wildman–Crippen LogP) is 3.00. The molecule has 1 saturated heterocycles. The topological polar surface area (TPSA) is 46.6 Å². The van der Waals surface area contributed by atoms with Crippen LogP contribution in [-0.4, -0.2) is 36.0 Å². The van der Waals surface area contributed by atoms with Crippen molar-refractivity contribution in [3.8, 4) is 0 Å². The quantitative estimate of drug-likeness (QED) is 0.575. The van der Waals surface area contributed by atoms with Gasteiger partial charge in [-0.05, 0) is 31.6 Å². The molecule has 116 valence electrons. The molecule has 0 aromatic carbocycles. The molecule has 0 bridgehead atoms. The van der Waals surface area contributed by atoms with Gasteiger partial charge in [-0.3, -0.25) is 4.79 Å². The van der Waals surface area contributed by atoms with Crippen LogP contribution in [0, 0.1) is 11.3 Å². The summed E-state index contributed by atoms with van der Waals surface area (Å²) in [5, 5.41) is 0. The maximum atomic E-state index is 12.3. The van der Waals surface area contributed by atoms with E-state index in [0.717, 1.165) is 25.7 Å². The Labute approximate surface area is 122 Å². The van der Waals surface area contributed by atoms with Crippen molar-refractivity contribution in [1.29, 1.82) is 0 Å². The zero-order valence-corrected chi connectivity index (χ0v) is 13.6. The van der Waals surface area contributed by atoms with Gasteiger partial charge >= 0.3 is 5.97 Å². The van der Waals surface area contributed by atoms with Gasteiger partial charge in [0.25, 0.3) is 0 Å². The van der Waals surface area contributed by atoms with Crippen LogP contribution in [0.5, 0.6) is 0 Å². The van der Waals surface area contributed by atoms with Crippen LogP contribution in [0.25, 0.3) is 0 Å². The maximum Gasteiger partial charge on any atom is 0.328 e. The van der Waals surface area contributed by atoms with Gasteiger partial charge < -0.3 is 9.64 Å². The van der Waals surface area contributed by atoms with Gasteiger partial charge in [-0.2, -0.15) is 0 Å². The molecule has 1 fully saturated rings. The molecule has 1 atom stereocenters. The van der Waals surface area contributed by atoms with E-state index in [1.165, 1.54) is 0 Å². The molecule has 4 heteroatoms. The second kappa shape index (κ2) is 7.09. The van der Waals surface area contributed by atoms with E-state index >= 15 is 0 Å². The van der Waals surface area contributed by atoms with Crippen molar-refractivity contribution in [1.82, 2.24) is 4.90 Å². The lowest BCUT2D eigenvalue weighted by Gasteiger charge is -2.29. The Morgan fingerprint density at radius 1 is 1.30 bits per heavy atom. The van der Waals surface area contributed by atoms with Gasteiger partial charge in [0, 0.05) is 12.0 Å². The van der Waals surface area contributed by atoms with Gasteiger partial charge in [0.15, 0.2) is 0 Å². The van der Waals surface area contributed by atoms with Crippen molar-refractivity contribution < 1.29 is 14.3 Å².